The molecular weight excluding hydrogens is 208 g/mol. The van der Waals surface area contributed by atoms with Crippen molar-refractivity contribution in [3.05, 3.63) is 12.2 Å². The van der Waals surface area contributed by atoms with Crippen molar-refractivity contribution in [1.82, 2.24) is 10.6 Å². The first kappa shape index (κ1) is 11.7. The fraction of sp³-hybridized carbons (Fsp3) is 0.867. The van der Waals surface area contributed by atoms with Gasteiger partial charge >= 0.3 is 0 Å². The van der Waals surface area contributed by atoms with E-state index in [4.69, 9.17) is 0 Å². The average molecular weight is 234 g/mol. The average Bonchev–Trinajstić information content (AvgIpc) is 3.00. The van der Waals surface area contributed by atoms with E-state index in [0.29, 0.717) is 0 Å². The Bertz CT molecular complexity index is 268. The van der Waals surface area contributed by atoms with Gasteiger partial charge in [-0.1, -0.05) is 18.6 Å². The fourth-order valence-electron chi connectivity index (χ4n) is 4.00. The summed E-state index contributed by atoms with van der Waals surface area (Å²) in [6, 6.07) is 2.36. The van der Waals surface area contributed by atoms with Gasteiger partial charge in [-0.15, -0.1) is 0 Å². The third-order valence-electron chi connectivity index (χ3n) is 4.90. The van der Waals surface area contributed by atoms with Gasteiger partial charge in [-0.05, 0) is 57.4 Å². The highest BCUT2D eigenvalue weighted by Gasteiger charge is 2.35. The first-order valence-electron chi connectivity index (χ1n) is 7.58. The van der Waals surface area contributed by atoms with Gasteiger partial charge in [0.1, 0.15) is 0 Å². The summed E-state index contributed by atoms with van der Waals surface area (Å²) in [6.07, 6.45) is 15.6. The summed E-state index contributed by atoms with van der Waals surface area (Å²) in [5.74, 6) is 0.906. The Morgan fingerprint density at radius 2 is 2.00 bits per heavy atom. The van der Waals surface area contributed by atoms with Crippen molar-refractivity contribution in [3.63, 3.8) is 0 Å². The molecule has 2 aliphatic carbocycles. The zero-order chi connectivity index (χ0) is 11.5. The van der Waals surface area contributed by atoms with Gasteiger partial charge in [-0.3, -0.25) is 0 Å². The largest absolute Gasteiger partial charge is 0.314 e. The molecule has 1 aliphatic heterocycles. The summed E-state index contributed by atoms with van der Waals surface area (Å²) in [6.45, 7) is 1.25. The molecule has 96 valence electrons. The van der Waals surface area contributed by atoms with E-state index < -0.39 is 0 Å². The van der Waals surface area contributed by atoms with E-state index in [1.165, 1.54) is 57.9 Å². The molecule has 4 unspecified atom stereocenters. The molecule has 0 aromatic carbocycles. The minimum Gasteiger partial charge on any atom is -0.314 e. The lowest BCUT2D eigenvalue weighted by Gasteiger charge is -2.31. The van der Waals surface area contributed by atoms with Gasteiger partial charge in [0.05, 0.1) is 0 Å². The van der Waals surface area contributed by atoms with E-state index in [9.17, 15) is 0 Å². The number of nitrogens with one attached hydrogen (secondary N) is 2. The normalized spacial score (nSPS) is 42.1. The maximum absolute atomic E-state index is 3.95. The van der Waals surface area contributed by atoms with E-state index in [-0.39, 0.29) is 0 Å². The summed E-state index contributed by atoms with van der Waals surface area (Å²) in [5.41, 5.74) is 0. The molecule has 0 amide bonds. The van der Waals surface area contributed by atoms with Crippen LogP contribution in [0.3, 0.4) is 0 Å². The molecule has 1 heterocycles. The Labute approximate surface area is 105 Å². The third-order valence-corrected chi connectivity index (χ3v) is 4.90. The minimum atomic E-state index is 0.756. The summed E-state index contributed by atoms with van der Waals surface area (Å²) >= 11 is 0. The van der Waals surface area contributed by atoms with Gasteiger partial charge in [0.15, 0.2) is 0 Å². The van der Waals surface area contributed by atoms with Crippen LogP contribution in [-0.2, 0) is 0 Å². The van der Waals surface area contributed by atoms with Gasteiger partial charge in [0.25, 0.3) is 0 Å². The highest BCUT2D eigenvalue weighted by atomic mass is 15.0. The highest BCUT2D eigenvalue weighted by Crippen LogP contribution is 2.32. The Morgan fingerprint density at radius 3 is 2.76 bits per heavy atom. The summed E-state index contributed by atoms with van der Waals surface area (Å²) in [7, 11) is 0. The summed E-state index contributed by atoms with van der Waals surface area (Å²) in [5, 5.41) is 7.67. The topological polar surface area (TPSA) is 24.1 Å². The zero-order valence-corrected chi connectivity index (χ0v) is 10.8. The second-order valence-electron chi connectivity index (χ2n) is 6.05. The van der Waals surface area contributed by atoms with Crippen LogP contribution in [0.5, 0.6) is 0 Å². The monoisotopic (exact) mass is 234 g/mol. The first-order valence-corrected chi connectivity index (χ1v) is 7.58. The molecule has 2 N–H and O–H groups in total. The van der Waals surface area contributed by atoms with Crippen LogP contribution in [-0.4, -0.2) is 24.7 Å². The Balaban J connectivity index is 1.55. The smallest absolute Gasteiger partial charge is 0.0113 e. The predicted octanol–water partition coefficient (Wildman–Crippen LogP) is 2.61. The lowest BCUT2D eigenvalue weighted by molar-refractivity contribution is 0.290. The van der Waals surface area contributed by atoms with Crippen molar-refractivity contribution in [2.45, 2.75) is 69.5 Å². The second-order valence-corrected chi connectivity index (χ2v) is 6.05. The molecule has 2 heteroatoms. The van der Waals surface area contributed by atoms with Crippen LogP contribution in [0.4, 0.5) is 0 Å². The summed E-state index contributed by atoms with van der Waals surface area (Å²) < 4.78 is 0. The molecule has 0 aromatic rings. The molecule has 0 aromatic heterocycles. The third kappa shape index (κ3) is 2.74. The van der Waals surface area contributed by atoms with Crippen molar-refractivity contribution >= 4 is 0 Å². The predicted molar refractivity (Wildman–Crippen MR) is 72.1 cm³/mol. The van der Waals surface area contributed by atoms with Crippen molar-refractivity contribution in [3.8, 4) is 0 Å². The van der Waals surface area contributed by atoms with E-state index in [0.717, 1.165) is 24.0 Å². The number of hydrogen-bond acceptors (Lipinski definition) is 2. The number of allylic oxidation sites excluding steroid dienone is 1. The van der Waals surface area contributed by atoms with E-state index in [1.807, 2.05) is 0 Å². The molecule has 1 saturated heterocycles. The van der Waals surface area contributed by atoms with Gasteiger partial charge in [0, 0.05) is 18.1 Å². The quantitative estimate of drug-likeness (QED) is 0.734. The van der Waals surface area contributed by atoms with Gasteiger partial charge in [-0.25, -0.2) is 0 Å². The molecule has 3 rings (SSSR count). The minimum absolute atomic E-state index is 0.756. The van der Waals surface area contributed by atoms with Crippen LogP contribution in [0.25, 0.3) is 0 Å². The Hall–Kier alpha value is -0.340. The van der Waals surface area contributed by atoms with Gasteiger partial charge in [0.2, 0.25) is 0 Å². The first-order chi connectivity index (χ1) is 8.43. The van der Waals surface area contributed by atoms with Crippen LogP contribution in [0, 0.1) is 5.92 Å². The molecule has 3 aliphatic rings. The van der Waals surface area contributed by atoms with Crippen molar-refractivity contribution in [2.75, 3.05) is 6.54 Å². The van der Waals surface area contributed by atoms with Crippen molar-refractivity contribution < 1.29 is 0 Å². The zero-order valence-electron chi connectivity index (χ0n) is 10.8. The van der Waals surface area contributed by atoms with Crippen LogP contribution >= 0.6 is 0 Å². The lowest BCUT2D eigenvalue weighted by Crippen LogP contribution is -2.46. The molecule has 2 fully saturated rings. The maximum Gasteiger partial charge on any atom is 0.0113 e. The fourth-order valence-corrected chi connectivity index (χ4v) is 4.00. The van der Waals surface area contributed by atoms with E-state index in [1.54, 1.807) is 0 Å². The SMILES string of the molecule is C1=CCC(NC2CCCC2C2CCCN2)CC1. The van der Waals surface area contributed by atoms with Crippen LogP contribution < -0.4 is 10.6 Å². The Morgan fingerprint density at radius 1 is 1.00 bits per heavy atom. The molecule has 0 bridgehead atoms. The van der Waals surface area contributed by atoms with Crippen molar-refractivity contribution in [2.24, 2.45) is 5.92 Å². The molecule has 4 atom stereocenters. The molecule has 1 saturated carbocycles. The van der Waals surface area contributed by atoms with E-state index in [2.05, 4.69) is 22.8 Å². The molecule has 0 radical (unpaired) electrons. The number of hydrogen-bond donors (Lipinski definition) is 2. The second kappa shape index (κ2) is 5.53. The van der Waals surface area contributed by atoms with Gasteiger partial charge in [-0.2, -0.15) is 0 Å². The van der Waals surface area contributed by atoms with Crippen molar-refractivity contribution in [1.29, 1.82) is 0 Å². The van der Waals surface area contributed by atoms with Crippen LogP contribution in [0.2, 0.25) is 0 Å². The molecule has 17 heavy (non-hydrogen) atoms. The van der Waals surface area contributed by atoms with Gasteiger partial charge < -0.3 is 10.6 Å². The number of rotatable bonds is 3. The van der Waals surface area contributed by atoms with E-state index >= 15 is 0 Å². The molecule has 0 spiro atoms. The summed E-state index contributed by atoms with van der Waals surface area (Å²) in [4.78, 5) is 0. The Kier molecular flexibility index (Phi) is 3.82. The van der Waals surface area contributed by atoms with Crippen LogP contribution in [0.15, 0.2) is 12.2 Å². The molecule has 2 nitrogen and oxygen atoms in total. The standard InChI is InChI=1S/C15H26N2/c1-2-6-12(7-3-1)17-15-9-4-8-13(15)14-10-5-11-16-14/h1-2,12-17H,3-11H2. The highest BCUT2D eigenvalue weighted by molar-refractivity contribution is 4.98. The maximum atomic E-state index is 3.95. The van der Waals surface area contributed by atoms with Crippen LogP contribution in [0.1, 0.15) is 51.4 Å². The molecular formula is C15H26N2. The lowest BCUT2D eigenvalue weighted by atomic mass is 9.91.